The lowest BCUT2D eigenvalue weighted by Gasteiger charge is -2.08. The number of hydrogen-bond acceptors (Lipinski definition) is 2. The number of pyridine rings is 1. The van der Waals surface area contributed by atoms with Crippen LogP contribution in [0.1, 0.15) is 35.7 Å². The van der Waals surface area contributed by atoms with Crippen molar-refractivity contribution in [3.05, 3.63) is 58.3 Å². The summed E-state index contributed by atoms with van der Waals surface area (Å²) in [4.78, 5) is 16.1. The van der Waals surface area contributed by atoms with Crippen LogP contribution in [0.15, 0.2) is 47.2 Å². The van der Waals surface area contributed by atoms with E-state index < -0.39 is 0 Å². The first-order chi connectivity index (χ1) is 9.08. The van der Waals surface area contributed by atoms with Gasteiger partial charge in [0.15, 0.2) is 0 Å². The Bertz CT molecular complexity index is 579. The Hall–Kier alpha value is -1.68. The summed E-state index contributed by atoms with van der Waals surface area (Å²) >= 11 is 3.35. The highest BCUT2D eigenvalue weighted by Gasteiger charge is 2.08. The van der Waals surface area contributed by atoms with Gasteiger partial charge >= 0.3 is 0 Å². The van der Waals surface area contributed by atoms with Gasteiger partial charge in [0.1, 0.15) is 0 Å². The second-order valence-corrected chi connectivity index (χ2v) is 5.44. The van der Waals surface area contributed by atoms with Gasteiger partial charge in [-0.1, -0.05) is 26.0 Å². The molecule has 98 valence electrons. The normalized spacial score (nSPS) is 10.5. The standard InChI is InChI=1S/C15H15BrN2O/c1-10(2)11-3-5-12(6-4-11)15(19)18-14-7-8-17-9-13(14)16/h3-10H,1-2H3,(H,17,18,19). The molecular weight excluding hydrogens is 304 g/mol. The third-order valence-electron chi connectivity index (χ3n) is 2.86. The molecule has 2 aromatic rings. The third-order valence-corrected chi connectivity index (χ3v) is 3.49. The Morgan fingerprint density at radius 2 is 1.89 bits per heavy atom. The maximum absolute atomic E-state index is 12.1. The van der Waals surface area contributed by atoms with Crippen LogP contribution in [0.3, 0.4) is 0 Å². The number of hydrogen-bond donors (Lipinski definition) is 1. The van der Waals surface area contributed by atoms with Crippen molar-refractivity contribution in [2.24, 2.45) is 0 Å². The molecule has 1 amide bonds. The van der Waals surface area contributed by atoms with E-state index in [0.717, 1.165) is 4.47 Å². The maximum atomic E-state index is 12.1. The van der Waals surface area contributed by atoms with Crippen LogP contribution in [0, 0.1) is 0 Å². The summed E-state index contributed by atoms with van der Waals surface area (Å²) in [6.45, 7) is 4.26. The molecule has 0 aliphatic rings. The summed E-state index contributed by atoms with van der Waals surface area (Å²) in [7, 11) is 0. The van der Waals surface area contributed by atoms with Crippen molar-refractivity contribution in [2.45, 2.75) is 19.8 Å². The smallest absolute Gasteiger partial charge is 0.255 e. The van der Waals surface area contributed by atoms with Gasteiger partial charge in [0.25, 0.3) is 5.91 Å². The van der Waals surface area contributed by atoms with Crippen LogP contribution in [0.25, 0.3) is 0 Å². The quantitative estimate of drug-likeness (QED) is 0.920. The Kier molecular flexibility index (Phi) is 4.32. The molecular formula is C15H15BrN2O. The average Bonchev–Trinajstić information content (AvgIpc) is 2.41. The first-order valence-electron chi connectivity index (χ1n) is 6.08. The van der Waals surface area contributed by atoms with E-state index in [4.69, 9.17) is 0 Å². The molecule has 0 unspecified atom stereocenters. The lowest BCUT2D eigenvalue weighted by atomic mass is 10.0. The average molecular weight is 319 g/mol. The summed E-state index contributed by atoms with van der Waals surface area (Å²) in [5.41, 5.74) is 2.59. The number of aromatic nitrogens is 1. The predicted octanol–water partition coefficient (Wildman–Crippen LogP) is 4.22. The number of amides is 1. The van der Waals surface area contributed by atoms with Gasteiger partial charge in [-0.15, -0.1) is 0 Å². The largest absolute Gasteiger partial charge is 0.321 e. The fourth-order valence-corrected chi connectivity index (χ4v) is 2.04. The molecule has 19 heavy (non-hydrogen) atoms. The van der Waals surface area contributed by atoms with Crippen LogP contribution in [-0.2, 0) is 0 Å². The molecule has 0 atom stereocenters. The van der Waals surface area contributed by atoms with E-state index in [1.807, 2.05) is 24.3 Å². The zero-order valence-electron chi connectivity index (χ0n) is 10.9. The van der Waals surface area contributed by atoms with Gasteiger partial charge in [-0.3, -0.25) is 9.78 Å². The van der Waals surface area contributed by atoms with Crippen molar-refractivity contribution in [3.63, 3.8) is 0 Å². The van der Waals surface area contributed by atoms with Gasteiger partial charge in [0, 0.05) is 18.0 Å². The van der Waals surface area contributed by atoms with Gasteiger partial charge in [0.2, 0.25) is 0 Å². The molecule has 1 aromatic carbocycles. The third kappa shape index (κ3) is 3.41. The Labute approximate surface area is 121 Å². The van der Waals surface area contributed by atoms with Crippen molar-refractivity contribution < 1.29 is 4.79 Å². The first kappa shape index (κ1) is 13.7. The van der Waals surface area contributed by atoms with Gasteiger partial charge in [-0.05, 0) is 45.6 Å². The zero-order valence-corrected chi connectivity index (χ0v) is 12.4. The second-order valence-electron chi connectivity index (χ2n) is 4.59. The topological polar surface area (TPSA) is 42.0 Å². The molecule has 0 saturated heterocycles. The molecule has 2 rings (SSSR count). The summed E-state index contributed by atoms with van der Waals surface area (Å²) in [6, 6.07) is 9.42. The van der Waals surface area contributed by atoms with E-state index >= 15 is 0 Å². The van der Waals surface area contributed by atoms with Gasteiger partial charge in [-0.2, -0.15) is 0 Å². The number of nitrogens with zero attached hydrogens (tertiary/aromatic N) is 1. The molecule has 1 heterocycles. The Morgan fingerprint density at radius 1 is 1.21 bits per heavy atom. The number of carbonyl (C=O) groups excluding carboxylic acids is 1. The minimum Gasteiger partial charge on any atom is -0.321 e. The highest BCUT2D eigenvalue weighted by atomic mass is 79.9. The maximum Gasteiger partial charge on any atom is 0.255 e. The number of carbonyl (C=O) groups is 1. The van der Waals surface area contributed by atoms with E-state index in [0.29, 0.717) is 17.2 Å². The summed E-state index contributed by atoms with van der Waals surface area (Å²) in [5.74, 6) is 0.341. The molecule has 0 saturated carbocycles. The van der Waals surface area contributed by atoms with E-state index in [2.05, 4.69) is 40.1 Å². The van der Waals surface area contributed by atoms with Gasteiger partial charge in [-0.25, -0.2) is 0 Å². The second kappa shape index (κ2) is 5.97. The van der Waals surface area contributed by atoms with Crippen LogP contribution in [0.5, 0.6) is 0 Å². The van der Waals surface area contributed by atoms with Crippen LogP contribution < -0.4 is 5.32 Å². The van der Waals surface area contributed by atoms with Crippen LogP contribution in [0.4, 0.5) is 5.69 Å². The Morgan fingerprint density at radius 3 is 2.47 bits per heavy atom. The van der Waals surface area contributed by atoms with Crippen molar-refractivity contribution in [1.82, 2.24) is 4.98 Å². The fraction of sp³-hybridized carbons (Fsp3) is 0.200. The number of benzene rings is 1. The molecule has 1 N–H and O–H groups in total. The number of nitrogens with one attached hydrogen (secondary N) is 1. The molecule has 4 heteroatoms. The number of anilines is 1. The summed E-state index contributed by atoms with van der Waals surface area (Å²) in [5, 5.41) is 2.85. The minimum absolute atomic E-state index is 0.123. The van der Waals surface area contributed by atoms with Crippen LogP contribution in [-0.4, -0.2) is 10.9 Å². The highest BCUT2D eigenvalue weighted by Crippen LogP contribution is 2.21. The van der Waals surface area contributed by atoms with Crippen molar-refractivity contribution >= 4 is 27.5 Å². The monoisotopic (exact) mass is 318 g/mol. The molecule has 0 spiro atoms. The molecule has 1 aromatic heterocycles. The lowest BCUT2D eigenvalue weighted by Crippen LogP contribution is -2.12. The first-order valence-corrected chi connectivity index (χ1v) is 6.88. The van der Waals surface area contributed by atoms with Crippen molar-refractivity contribution in [3.8, 4) is 0 Å². The molecule has 0 bridgehead atoms. The molecule has 0 radical (unpaired) electrons. The molecule has 3 nitrogen and oxygen atoms in total. The molecule has 0 fully saturated rings. The van der Waals surface area contributed by atoms with Crippen LogP contribution >= 0.6 is 15.9 Å². The van der Waals surface area contributed by atoms with E-state index in [9.17, 15) is 4.79 Å². The number of rotatable bonds is 3. The summed E-state index contributed by atoms with van der Waals surface area (Å²) < 4.78 is 0.766. The van der Waals surface area contributed by atoms with Crippen molar-refractivity contribution in [2.75, 3.05) is 5.32 Å². The van der Waals surface area contributed by atoms with E-state index in [1.165, 1.54) is 5.56 Å². The van der Waals surface area contributed by atoms with Gasteiger partial charge < -0.3 is 5.32 Å². The fourth-order valence-electron chi connectivity index (χ4n) is 1.69. The van der Waals surface area contributed by atoms with E-state index in [1.54, 1.807) is 18.5 Å². The van der Waals surface area contributed by atoms with Crippen molar-refractivity contribution in [1.29, 1.82) is 0 Å². The Balaban J connectivity index is 2.14. The van der Waals surface area contributed by atoms with Crippen LogP contribution in [0.2, 0.25) is 0 Å². The molecule has 0 aliphatic heterocycles. The SMILES string of the molecule is CC(C)c1ccc(C(=O)Nc2ccncc2Br)cc1. The van der Waals surface area contributed by atoms with E-state index in [-0.39, 0.29) is 5.91 Å². The van der Waals surface area contributed by atoms with Gasteiger partial charge in [0.05, 0.1) is 10.2 Å². The minimum atomic E-state index is -0.123. The zero-order chi connectivity index (χ0) is 13.8. The summed E-state index contributed by atoms with van der Waals surface area (Å²) in [6.07, 6.45) is 3.29. The number of halogens is 1. The molecule has 0 aliphatic carbocycles. The highest BCUT2D eigenvalue weighted by molar-refractivity contribution is 9.10. The lowest BCUT2D eigenvalue weighted by molar-refractivity contribution is 0.102. The predicted molar refractivity (Wildman–Crippen MR) is 80.4 cm³/mol.